The van der Waals surface area contributed by atoms with Gasteiger partial charge in [-0.2, -0.15) is 0 Å². The third-order valence-corrected chi connectivity index (χ3v) is 7.84. The maximum atomic E-state index is 6.15. The van der Waals surface area contributed by atoms with Crippen LogP contribution in [0.2, 0.25) is 0 Å². The van der Waals surface area contributed by atoms with E-state index in [9.17, 15) is 0 Å². The molecule has 4 aromatic carbocycles. The maximum Gasteiger partial charge on any atom is 0.191 e. The second kappa shape index (κ2) is 11.9. The number of hydrogen-bond acceptors (Lipinski definition) is 6. The Morgan fingerprint density at radius 1 is 0.780 bits per heavy atom. The van der Waals surface area contributed by atoms with Crippen molar-refractivity contribution >= 4 is 22.7 Å². The first-order valence-electron chi connectivity index (χ1n) is 13.6. The van der Waals surface area contributed by atoms with Crippen LogP contribution in [0.15, 0.2) is 108 Å². The van der Waals surface area contributed by atoms with Gasteiger partial charge in [-0.05, 0) is 61.9 Å². The van der Waals surface area contributed by atoms with Crippen molar-refractivity contribution in [1.29, 1.82) is 0 Å². The van der Waals surface area contributed by atoms with Gasteiger partial charge < -0.3 is 14.0 Å². The summed E-state index contributed by atoms with van der Waals surface area (Å²) in [5, 5.41) is 11.0. The van der Waals surface area contributed by atoms with Crippen LogP contribution in [0.4, 0.5) is 0 Å². The summed E-state index contributed by atoms with van der Waals surface area (Å²) in [6.07, 6.45) is 0. The molecule has 0 unspecified atom stereocenters. The largest absolute Gasteiger partial charge is 0.493 e. The zero-order valence-electron chi connectivity index (χ0n) is 23.2. The van der Waals surface area contributed by atoms with Crippen LogP contribution in [0, 0.1) is 6.92 Å². The SMILES string of the molecule is CCOc1ccccc1-c1cc(-c2nnc(SCc3cccc(C)c3)n2C)c2ccc(Oc3ccccc3)cc2n1. The zero-order valence-corrected chi connectivity index (χ0v) is 24.1. The average Bonchev–Trinajstić information content (AvgIpc) is 3.36. The molecular weight excluding hydrogens is 528 g/mol. The summed E-state index contributed by atoms with van der Waals surface area (Å²) in [4.78, 5) is 5.07. The molecule has 0 aliphatic rings. The van der Waals surface area contributed by atoms with E-state index >= 15 is 0 Å². The van der Waals surface area contributed by atoms with E-state index in [1.165, 1.54) is 11.1 Å². The van der Waals surface area contributed by atoms with Crippen molar-refractivity contribution < 1.29 is 9.47 Å². The Bertz CT molecular complexity index is 1820. The number of ether oxygens (including phenoxy) is 2. The summed E-state index contributed by atoms with van der Waals surface area (Å²) in [5.74, 6) is 3.86. The Kier molecular flexibility index (Phi) is 7.69. The van der Waals surface area contributed by atoms with Crippen LogP contribution in [0.5, 0.6) is 17.2 Å². The smallest absolute Gasteiger partial charge is 0.191 e. The first kappa shape index (κ1) is 26.6. The van der Waals surface area contributed by atoms with Crippen molar-refractivity contribution in [2.75, 3.05) is 6.61 Å². The van der Waals surface area contributed by atoms with Crippen molar-refractivity contribution in [2.24, 2.45) is 7.05 Å². The molecule has 0 amide bonds. The molecule has 0 bridgehead atoms. The van der Waals surface area contributed by atoms with Gasteiger partial charge in [0, 0.05) is 35.4 Å². The highest BCUT2D eigenvalue weighted by atomic mass is 32.2. The van der Waals surface area contributed by atoms with Crippen LogP contribution < -0.4 is 9.47 Å². The lowest BCUT2D eigenvalue weighted by molar-refractivity contribution is 0.341. The van der Waals surface area contributed by atoms with Crippen molar-refractivity contribution in [3.05, 3.63) is 114 Å². The molecule has 0 spiro atoms. The third-order valence-electron chi connectivity index (χ3n) is 6.75. The lowest BCUT2D eigenvalue weighted by Crippen LogP contribution is -1.99. The molecule has 0 fully saturated rings. The number of thioether (sulfide) groups is 1. The molecule has 6 nitrogen and oxygen atoms in total. The summed E-state index contributed by atoms with van der Waals surface area (Å²) < 4.78 is 14.2. The lowest BCUT2D eigenvalue weighted by atomic mass is 10.0. The van der Waals surface area contributed by atoms with E-state index in [1.54, 1.807) is 11.8 Å². The van der Waals surface area contributed by atoms with Crippen LogP contribution in [-0.2, 0) is 12.8 Å². The first-order chi connectivity index (χ1) is 20.1. The normalized spacial score (nSPS) is 11.1. The minimum Gasteiger partial charge on any atom is -0.493 e. The third kappa shape index (κ3) is 5.81. The quantitative estimate of drug-likeness (QED) is 0.166. The number of aromatic nitrogens is 4. The highest BCUT2D eigenvalue weighted by Crippen LogP contribution is 2.37. The van der Waals surface area contributed by atoms with Gasteiger partial charge in [-0.1, -0.05) is 71.9 Å². The summed E-state index contributed by atoms with van der Waals surface area (Å²) in [6.45, 7) is 4.66. The van der Waals surface area contributed by atoms with E-state index in [0.29, 0.717) is 12.4 Å². The molecule has 6 aromatic rings. The number of para-hydroxylation sites is 2. The monoisotopic (exact) mass is 558 g/mol. The number of nitrogens with zero attached hydrogens (tertiary/aromatic N) is 4. The van der Waals surface area contributed by atoms with Crippen LogP contribution in [-0.4, -0.2) is 26.4 Å². The number of benzene rings is 4. The summed E-state index contributed by atoms with van der Waals surface area (Å²) in [7, 11) is 2.01. The minimum atomic E-state index is 0.567. The Morgan fingerprint density at radius 2 is 1.61 bits per heavy atom. The van der Waals surface area contributed by atoms with Crippen molar-refractivity contribution in [2.45, 2.75) is 24.8 Å². The average molecular weight is 559 g/mol. The number of hydrogen-bond donors (Lipinski definition) is 0. The molecule has 0 radical (unpaired) electrons. The van der Waals surface area contributed by atoms with Crippen LogP contribution in [0.3, 0.4) is 0 Å². The molecule has 41 heavy (non-hydrogen) atoms. The highest BCUT2D eigenvalue weighted by Gasteiger charge is 2.18. The van der Waals surface area contributed by atoms with Crippen molar-refractivity contribution in [3.8, 4) is 39.9 Å². The van der Waals surface area contributed by atoms with Gasteiger partial charge in [0.05, 0.1) is 17.8 Å². The van der Waals surface area contributed by atoms with Gasteiger partial charge in [0.25, 0.3) is 0 Å². The second-order valence-corrected chi connectivity index (χ2v) is 10.7. The number of rotatable bonds is 9. The Balaban J connectivity index is 1.44. The van der Waals surface area contributed by atoms with E-state index in [4.69, 9.17) is 14.5 Å². The molecule has 204 valence electrons. The van der Waals surface area contributed by atoms with Crippen molar-refractivity contribution in [1.82, 2.24) is 19.7 Å². The van der Waals surface area contributed by atoms with Gasteiger partial charge in [-0.3, -0.25) is 0 Å². The molecular formula is C34H30N4O2S. The summed E-state index contributed by atoms with van der Waals surface area (Å²) >= 11 is 1.68. The van der Waals surface area contributed by atoms with Gasteiger partial charge >= 0.3 is 0 Å². The predicted octanol–water partition coefficient (Wildman–Crippen LogP) is 8.49. The first-order valence-corrected chi connectivity index (χ1v) is 14.6. The van der Waals surface area contributed by atoms with Crippen LogP contribution >= 0.6 is 11.8 Å². The molecule has 0 saturated heterocycles. The molecule has 7 heteroatoms. The Labute approximate surface area is 244 Å². The molecule has 0 aliphatic heterocycles. The molecule has 2 aromatic heterocycles. The molecule has 0 N–H and O–H groups in total. The molecule has 2 heterocycles. The number of fused-ring (bicyclic) bond motifs is 1. The van der Waals surface area contributed by atoms with Crippen LogP contribution in [0.1, 0.15) is 18.1 Å². The van der Waals surface area contributed by atoms with Crippen molar-refractivity contribution in [3.63, 3.8) is 0 Å². The zero-order chi connectivity index (χ0) is 28.2. The fraction of sp³-hybridized carbons (Fsp3) is 0.147. The number of aryl methyl sites for hydroxylation is 1. The van der Waals surface area contributed by atoms with E-state index in [2.05, 4.69) is 52.0 Å². The van der Waals surface area contributed by atoms with E-state index in [-0.39, 0.29) is 0 Å². The van der Waals surface area contributed by atoms with Gasteiger partial charge in [0.1, 0.15) is 17.2 Å². The summed E-state index contributed by atoms with van der Waals surface area (Å²) in [5.41, 5.74) is 5.97. The molecule has 0 saturated carbocycles. The number of pyridine rings is 1. The van der Waals surface area contributed by atoms with Gasteiger partial charge in [0.2, 0.25) is 0 Å². The van der Waals surface area contributed by atoms with E-state index < -0.39 is 0 Å². The van der Waals surface area contributed by atoms with E-state index in [0.717, 1.165) is 56.0 Å². The molecule has 6 rings (SSSR count). The predicted molar refractivity (Wildman–Crippen MR) is 166 cm³/mol. The lowest BCUT2D eigenvalue weighted by Gasteiger charge is -2.14. The Morgan fingerprint density at radius 3 is 2.44 bits per heavy atom. The summed E-state index contributed by atoms with van der Waals surface area (Å²) in [6, 6.07) is 34.4. The van der Waals surface area contributed by atoms with Gasteiger partial charge in [0.15, 0.2) is 11.0 Å². The second-order valence-electron chi connectivity index (χ2n) is 9.72. The van der Waals surface area contributed by atoms with Crippen LogP contribution in [0.25, 0.3) is 33.5 Å². The Hall–Kier alpha value is -4.62. The standard InChI is InChI=1S/C34H30N4O2S/c1-4-39-32-16-9-8-15-28(32)31-21-29(27-18-17-26(20-30(27)35-31)40-25-13-6-5-7-14-25)33-36-37-34(38(33)3)41-22-24-12-10-11-23(2)19-24/h5-21H,4,22H2,1-3H3. The molecule has 0 aliphatic carbocycles. The van der Waals surface area contributed by atoms with E-state index in [1.807, 2.05) is 86.8 Å². The topological polar surface area (TPSA) is 62.1 Å². The molecule has 0 atom stereocenters. The van der Waals surface area contributed by atoms with Gasteiger partial charge in [-0.25, -0.2) is 4.98 Å². The highest BCUT2D eigenvalue weighted by molar-refractivity contribution is 7.98. The van der Waals surface area contributed by atoms with Gasteiger partial charge in [-0.15, -0.1) is 10.2 Å². The maximum absolute atomic E-state index is 6.15. The fourth-order valence-corrected chi connectivity index (χ4v) is 5.66. The minimum absolute atomic E-state index is 0.567. The fourth-order valence-electron chi connectivity index (χ4n) is 4.80.